The number of unbranched alkanes of at least 4 members (excludes halogenated alkanes) is 2. The van der Waals surface area contributed by atoms with Gasteiger partial charge in [0.15, 0.2) is 0 Å². The Bertz CT molecular complexity index is 887. The molecule has 4 aliphatic heterocycles. The van der Waals surface area contributed by atoms with Crippen LogP contribution in [0, 0.1) is 11.8 Å². The molecule has 1 spiro atoms. The largest absolute Gasteiger partial charge is 0.465 e. The van der Waals surface area contributed by atoms with Crippen LogP contribution in [0.2, 0.25) is 0 Å². The molecule has 0 aromatic heterocycles. The second kappa shape index (κ2) is 10.4. The van der Waals surface area contributed by atoms with E-state index in [4.69, 9.17) is 9.47 Å². The first-order valence-electron chi connectivity index (χ1n) is 13.2. The number of ether oxygens (including phenoxy) is 2. The lowest BCUT2D eigenvalue weighted by Gasteiger charge is -2.38. The summed E-state index contributed by atoms with van der Waals surface area (Å²) in [4.78, 5) is 45.0. The average molecular weight is 489 g/mol. The van der Waals surface area contributed by atoms with Crippen LogP contribution in [0.25, 0.3) is 0 Å². The molecule has 4 heterocycles. The van der Waals surface area contributed by atoms with Crippen molar-refractivity contribution < 1.29 is 29.0 Å². The third kappa shape index (κ3) is 4.44. The van der Waals surface area contributed by atoms with Gasteiger partial charge in [-0.15, -0.1) is 0 Å². The van der Waals surface area contributed by atoms with Gasteiger partial charge in [0, 0.05) is 25.7 Å². The number of allylic oxidation sites excluding steroid dienone is 1. The minimum atomic E-state index is -1.23. The number of cyclic esters (lactones) is 1. The number of fused-ring (bicyclic) bond motifs is 2. The lowest BCUT2D eigenvalue weighted by molar-refractivity contribution is -0.160. The van der Waals surface area contributed by atoms with Gasteiger partial charge in [-0.25, -0.2) is 0 Å². The number of amides is 2. The molecule has 2 saturated heterocycles. The van der Waals surface area contributed by atoms with E-state index in [1.807, 2.05) is 43.1 Å². The molecule has 0 radical (unpaired) electrons. The predicted octanol–water partition coefficient (Wildman–Crippen LogP) is 2.60. The van der Waals surface area contributed by atoms with Crippen LogP contribution in [0.15, 0.2) is 24.3 Å². The summed E-state index contributed by atoms with van der Waals surface area (Å²) in [5.74, 6) is -2.43. The number of carbonyl (C=O) groups excluding carboxylic acids is 3. The Morgan fingerprint density at radius 1 is 1.11 bits per heavy atom. The van der Waals surface area contributed by atoms with Crippen LogP contribution in [-0.2, 0) is 23.9 Å². The molecule has 0 saturated carbocycles. The fourth-order valence-corrected chi connectivity index (χ4v) is 6.43. The van der Waals surface area contributed by atoms with Gasteiger partial charge in [-0.05, 0) is 52.4 Å². The number of hydrogen-bond acceptors (Lipinski definition) is 6. The van der Waals surface area contributed by atoms with Gasteiger partial charge in [0.25, 0.3) is 0 Å². The van der Waals surface area contributed by atoms with Crippen molar-refractivity contribution in [3.63, 3.8) is 0 Å². The van der Waals surface area contributed by atoms with Crippen LogP contribution in [0.4, 0.5) is 0 Å². The van der Waals surface area contributed by atoms with Crippen molar-refractivity contribution >= 4 is 17.8 Å². The summed E-state index contributed by atoms with van der Waals surface area (Å²) in [5, 5.41) is 9.18. The van der Waals surface area contributed by atoms with Crippen molar-refractivity contribution in [1.29, 1.82) is 0 Å². The highest BCUT2D eigenvalue weighted by Gasteiger charge is 2.74. The molecule has 6 atom stereocenters. The van der Waals surface area contributed by atoms with E-state index < -0.39 is 35.0 Å². The molecule has 1 N–H and O–H groups in total. The van der Waals surface area contributed by atoms with Crippen molar-refractivity contribution in [2.45, 2.75) is 89.0 Å². The quantitative estimate of drug-likeness (QED) is 0.321. The lowest BCUT2D eigenvalue weighted by atomic mass is 9.74. The Labute approximate surface area is 208 Å². The summed E-state index contributed by atoms with van der Waals surface area (Å²) in [5.41, 5.74) is -2.27. The lowest BCUT2D eigenvalue weighted by Crippen LogP contribution is -2.57. The van der Waals surface area contributed by atoms with Gasteiger partial charge in [-0.1, -0.05) is 37.6 Å². The predicted molar refractivity (Wildman–Crippen MR) is 130 cm³/mol. The number of esters is 1. The van der Waals surface area contributed by atoms with Gasteiger partial charge in [0.05, 0.1) is 18.1 Å². The maximum absolute atomic E-state index is 14.1. The number of rotatable bonds is 8. The van der Waals surface area contributed by atoms with Gasteiger partial charge < -0.3 is 24.4 Å². The number of aliphatic hydroxyl groups excluding tert-OH is 1. The van der Waals surface area contributed by atoms with Gasteiger partial charge in [0.2, 0.25) is 11.8 Å². The van der Waals surface area contributed by atoms with Crippen LogP contribution < -0.4 is 0 Å². The Morgan fingerprint density at radius 3 is 2.66 bits per heavy atom. The van der Waals surface area contributed by atoms with Gasteiger partial charge >= 0.3 is 5.97 Å². The highest BCUT2D eigenvalue weighted by molar-refractivity contribution is 5.99. The van der Waals surface area contributed by atoms with E-state index in [-0.39, 0.29) is 24.5 Å². The third-order valence-corrected chi connectivity index (χ3v) is 8.08. The molecular formula is C27H40N2O6. The maximum atomic E-state index is 14.1. The molecule has 35 heavy (non-hydrogen) atoms. The van der Waals surface area contributed by atoms with Crippen LogP contribution in [0.1, 0.15) is 65.7 Å². The molecule has 8 nitrogen and oxygen atoms in total. The first-order chi connectivity index (χ1) is 16.8. The minimum Gasteiger partial charge on any atom is -0.465 e. The molecule has 0 aromatic carbocycles. The number of aliphatic hydroxyl groups is 1. The molecule has 2 amide bonds. The second-order valence-electron chi connectivity index (χ2n) is 10.6. The molecule has 194 valence electrons. The van der Waals surface area contributed by atoms with Crippen molar-refractivity contribution in [3.8, 4) is 0 Å². The number of likely N-dealkylation sites (tertiary alicyclic amines) is 1. The van der Waals surface area contributed by atoms with E-state index in [9.17, 15) is 19.5 Å². The molecule has 0 bridgehead atoms. The molecule has 2 fully saturated rings. The smallest absolute Gasteiger partial charge is 0.313 e. The molecule has 4 aliphatic rings. The van der Waals surface area contributed by atoms with E-state index in [2.05, 4.69) is 6.92 Å². The zero-order chi connectivity index (χ0) is 25.2. The molecule has 4 rings (SSSR count). The van der Waals surface area contributed by atoms with Crippen molar-refractivity contribution in [2.24, 2.45) is 11.8 Å². The summed E-state index contributed by atoms with van der Waals surface area (Å²) in [6.45, 7) is 7.20. The van der Waals surface area contributed by atoms with E-state index >= 15 is 0 Å². The minimum absolute atomic E-state index is 0.0248. The number of nitrogens with zero attached hydrogens (tertiary/aromatic N) is 2. The second-order valence-corrected chi connectivity index (χ2v) is 10.6. The SMILES string of the molecule is CCCC(C)N1CC=C[C@]23O[C@]4(C)/C=C\CCCOC(=O)[C@@H]4[C@H]2C(=O)N(CCCCCO)C3C1=O. The molecule has 2 unspecified atom stereocenters. The van der Waals surface area contributed by atoms with Crippen molar-refractivity contribution in [2.75, 3.05) is 26.3 Å². The molecule has 0 aromatic rings. The average Bonchev–Trinajstić information content (AvgIpc) is 3.16. The van der Waals surface area contributed by atoms with Gasteiger partial charge in [-0.2, -0.15) is 0 Å². The van der Waals surface area contributed by atoms with E-state index in [0.717, 1.165) is 32.1 Å². The zero-order valence-corrected chi connectivity index (χ0v) is 21.3. The van der Waals surface area contributed by atoms with E-state index in [1.165, 1.54) is 0 Å². The normalized spacial score (nSPS) is 36.5. The summed E-state index contributed by atoms with van der Waals surface area (Å²) in [6, 6.07) is -0.808. The fourth-order valence-electron chi connectivity index (χ4n) is 6.43. The van der Waals surface area contributed by atoms with Crippen LogP contribution in [0.5, 0.6) is 0 Å². The fraction of sp³-hybridized carbons (Fsp3) is 0.741. The standard InChI is InChI=1S/C27H40N2O6/c1-4-12-19(2)28-16-11-14-27-20(21-25(33)34-18-10-5-7-13-26(21,3)35-27)23(31)29(22(27)24(28)32)15-8-6-9-17-30/h7,11,13-14,19-22,30H,4-6,8-10,12,15-18H2,1-3H3/b13-7-/t19?,20-,21-,22?,26+,27-/m0/s1. The van der Waals surface area contributed by atoms with Crippen molar-refractivity contribution in [3.05, 3.63) is 24.3 Å². The topological polar surface area (TPSA) is 96.4 Å². The summed E-state index contributed by atoms with van der Waals surface area (Å²) >= 11 is 0. The highest BCUT2D eigenvalue weighted by Crippen LogP contribution is 2.57. The summed E-state index contributed by atoms with van der Waals surface area (Å²) in [6.07, 6.45) is 13.1. The Balaban J connectivity index is 1.78. The Hall–Kier alpha value is -2.19. The molecule has 0 aliphatic carbocycles. The van der Waals surface area contributed by atoms with E-state index in [0.29, 0.717) is 32.5 Å². The summed E-state index contributed by atoms with van der Waals surface area (Å²) < 4.78 is 12.4. The first-order valence-corrected chi connectivity index (χ1v) is 13.2. The number of carbonyl (C=O) groups is 3. The Kier molecular flexibility index (Phi) is 7.71. The molecule has 8 heteroatoms. The zero-order valence-electron chi connectivity index (χ0n) is 21.3. The van der Waals surface area contributed by atoms with E-state index in [1.54, 1.807) is 4.90 Å². The van der Waals surface area contributed by atoms with Gasteiger partial charge in [0.1, 0.15) is 17.6 Å². The monoisotopic (exact) mass is 488 g/mol. The molecular weight excluding hydrogens is 448 g/mol. The Morgan fingerprint density at radius 2 is 1.91 bits per heavy atom. The van der Waals surface area contributed by atoms with Crippen molar-refractivity contribution in [1.82, 2.24) is 9.80 Å². The number of hydrogen-bond donors (Lipinski definition) is 1. The van der Waals surface area contributed by atoms with Crippen LogP contribution in [0.3, 0.4) is 0 Å². The third-order valence-electron chi connectivity index (χ3n) is 8.08. The highest BCUT2D eigenvalue weighted by atomic mass is 16.6. The first kappa shape index (κ1) is 25.9. The maximum Gasteiger partial charge on any atom is 0.313 e. The van der Waals surface area contributed by atoms with Crippen LogP contribution >= 0.6 is 0 Å². The van der Waals surface area contributed by atoms with Crippen LogP contribution in [-0.4, -0.2) is 82.3 Å². The summed E-state index contributed by atoms with van der Waals surface area (Å²) in [7, 11) is 0. The van der Waals surface area contributed by atoms with Gasteiger partial charge in [-0.3, -0.25) is 14.4 Å².